The lowest BCUT2D eigenvalue weighted by atomic mass is 10.1. The Morgan fingerprint density at radius 2 is 2.00 bits per heavy atom. The molecule has 1 aliphatic rings. The summed E-state index contributed by atoms with van der Waals surface area (Å²) in [6, 6.07) is 12.5. The largest absolute Gasteiger partial charge is 0.378 e. The van der Waals surface area contributed by atoms with Gasteiger partial charge >= 0.3 is 0 Å². The van der Waals surface area contributed by atoms with E-state index in [1.807, 2.05) is 37.5 Å². The fourth-order valence-corrected chi connectivity index (χ4v) is 3.54. The van der Waals surface area contributed by atoms with Gasteiger partial charge in [-0.05, 0) is 29.3 Å². The van der Waals surface area contributed by atoms with Crippen LogP contribution in [-0.2, 0) is 18.3 Å². The molecule has 0 radical (unpaired) electrons. The van der Waals surface area contributed by atoms with Crippen molar-refractivity contribution in [1.82, 2.24) is 14.7 Å². The minimum absolute atomic E-state index is 0.123. The van der Waals surface area contributed by atoms with Crippen molar-refractivity contribution in [3.05, 3.63) is 76.1 Å². The summed E-state index contributed by atoms with van der Waals surface area (Å²) in [5.41, 5.74) is 3.55. The average molecular weight is 421 g/mol. The highest BCUT2D eigenvalue weighted by Gasteiger charge is 2.22. The zero-order valence-corrected chi connectivity index (χ0v) is 17.2. The van der Waals surface area contributed by atoms with Crippen molar-refractivity contribution in [2.24, 2.45) is 7.05 Å². The molecule has 0 aliphatic carbocycles. The molecule has 9 heteroatoms. The Hall–Kier alpha value is -3.72. The number of benzene rings is 2. The standard InChI is InChI=1S/C22H23N5O4/c1-25-15-19(14-24-25)17-4-2-3-16(11-17)13-23-20-6-5-18(12-21(20)27(29)30)22(28)26-7-9-31-10-8-26/h2-6,11-12,14-15,23H,7-10,13H2,1H3. The highest BCUT2D eigenvalue weighted by molar-refractivity contribution is 5.95. The van der Waals surface area contributed by atoms with Crippen LogP contribution < -0.4 is 5.32 Å². The normalized spacial score (nSPS) is 13.8. The Balaban J connectivity index is 1.50. The van der Waals surface area contributed by atoms with Crippen molar-refractivity contribution in [2.75, 3.05) is 31.6 Å². The van der Waals surface area contributed by atoms with Crippen LogP contribution >= 0.6 is 0 Å². The van der Waals surface area contributed by atoms with E-state index in [0.29, 0.717) is 44.1 Å². The second kappa shape index (κ2) is 8.97. The molecule has 9 nitrogen and oxygen atoms in total. The number of anilines is 1. The lowest BCUT2D eigenvalue weighted by Gasteiger charge is -2.26. The first-order valence-corrected chi connectivity index (χ1v) is 9.98. The maximum Gasteiger partial charge on any atom is 0.293 e. The van der Waals surface area contributed by atoms with Crippen molar-refractivity contribution in [3.8, 4) is 11.1 Å². The van der Waals surface area contributed by atoms with E-state index in [1.54, 1.807) is 27.9 Å². The summed E-state index contributed by atoms with van der Waals surface area (Å²) in [6.07, 6.45) is 3.73. The third kappa shape index (κ3) is 4.72. The van der Waals surface area contributed by atoms with Crippen molar-refractivity contribution in [1.29, 1.82) is 0 Å². The SMILES string of the molecule is Cn1cc(-c2cccc(CNc3ccc(C(=O)N4CCOCC4)cc3[N+](=O)[O-])c2)cn1. The van der Waals surface area contributed by atoms with Gasteiger partial charge in [-0.25, -0.2) is 0 Å². The molecule has 0 unspecified atom stereocenters. The summed E-state index contributed by atoms with van der Waals surface area (Å²) in [6.45, 7) is 2.34. The average Bonchev–Trinajstić information content (AvgIpc) is 3.24. The van der Waals surface area contributed by atoms with Crippen LogP contribution in [0.5, 0.6) is 0 Å². The molecule has 0 saturated carbocycles. The molecule has 31 heavy (non-hydrogen) atoms. The topological polar surface area (TPSA) is 103 Å². The van der Waals surface area contributed by atoms with Gasteiger partial charge < -0.3 is 15.0 Å². The Morgan fingerprint density at radius 3 is 2.71 bits per heavy atom. The maximum absolute atomic E-state index is 12.7. The third-order valence-corrected chi connectivity index (χ3v) is 5.19. The van der Waals surface area contributed by atoms with Crippen molar-refractivity contribution in [2.45, 2.75) is 6.54 Å². The van der Waals surface area contributed by atoms with E-state index in [1.165, 1.54) is 6.07 Å². The number of rotatable bonds is 6. The van der Waals surface area contributed by atoms with Gasteiger partial charge in [-0.3, -0.25) is 19.6 Å². The summed E-state index contributed by atoms with van der Waals surface area (Å²) < 4.78 is 7.00. The van der Waals surface area contributed by atoms with Crippen LogP contribution in [0.3, 0.4) is 0 Å². The number of nitrogens with zero attached hydrogens (tertiary/aromatic N) is 4. The van der Waals surface area contributed by atoms with Crippen molar-refractivity contribution >= 4 is 17.3 Å². The van der Waals surface area contributed by atoms with Crippen molar-refractivity contribution in [3.63, 3.8) is 0 Å². The van der Waals surface area contributed by atoms with Crippen LogP contribution in [0.4, 0.5) is 11.4 Å². The molecule has 1 aromatic heterocycles. The highest BCUT2D eigenvalue weighted by atomic mass is 16.6. The first-order valence-electron chi connectivity index (χ1n) is 9.98. The van der Waals surface area contributed by atoms with Crippen LogP contribution in [0, 0.1) is 10.1 Å². The van der Waals surface area contributed by atoms with Crippen LogP contribution in [-0.4, -0.2) is 51.8 Å². The predicted molar refractivity (Wildman–Crippen MR) is 116 cm³/mol. The van der Waals surface area contributed by atoms with Gasteiger partial charge in [-0.15, -0.1) is 0 Å². The van der Waals surface area contributed by atoms with Gasteiger partial charge in [-0.2, -0.15) is 5.10 Å². The molecule has 160 valence electrons. The first kappa shape index (κ1) is 20.5. The number of amides is 1. The van der Waals surface area contributed by atoms with Crippen LogP contribution in [0.15, 0.2) is 54.9 Å². The molecule has 1 aliphatic heterocycles. The molecule has 1 fully saturated rings. The molecule has 2 heterocycles. The number of aromatic nitrogens is 2. The Morgan fingerprint density at radius 1 is 1.19 bits per heavy atom. The fraction of sp³-hybridized carbons (Fsp3) is 0.273. The molecule has 0 atom stereocenters. The van der Waals surface area contributed by atoms with Gasteiger partial charge in [0.1, 0.15) is 5.69 Å². The summed E-state index contributed by atoms with van der Waals surface area (Å²) in [4.78, 5) is 25.5. The summed E-state index contributed by atoms with van der Waals surface area (Å²) in [5, 5.41) is 19.0. The van der Waals surface area contributed by atoms with Crippen LogP contribution in [0.2, 0.25) is 0 Å². The third-order valence-electron chi connectivity index (χ3n) is 5.19. The van der Waals surface area contributed by atoms with E-state index in [2.05, 4.69) is 10.4 Å². The molecule has 3 aromatic rings. The number of nitrogens with one attached hydrogen (secondary N) is 1. The molecule has 1 N–H and O–H groups in total. The molecular weight excluding hydrogens is 398 g/mol. The number of nitro groups is 1. The molecule has 0 spiro atoms. The molecule has 2 aromatic carbocycles. The molecule has 1 saturated heterocycles. The minimum Gasteiger partial charge on any atom is -0.378 e. The zero-order chi connectivity index (χ0) is 21.8. The summed E-state index contributed by atoms with van der Waals surface area (Å²) >= 11 is 0. The summed E-state index contributed by atoms with van der Waals surface area (Å²) in [5.74, 6) is -0.220. The number of hydrogen-bond donors (Lipinski definition) is 1. The second-order valence-corrected chi connectivity index (χ2v) is 7.35. The van der Waals surface area contributed by atoms with Crippen molar-refractivity contribution < 1.29 is 14.5 Å². The smallest absolute Gasteiger partial charge is 0.293 e. The quantitative estimate of drug-likeness (QED) is 0.485. The van der Waals surface area contributed by atoms with E-state index in [4.69, 9.17) is 4.74 Å². The van der Waals surface area contributed by atoms with E-state index >= 15 is 0 Å². The number of morpholine rings is 1. The lowest BCUT2D eigenvalue weighted by Crippen LogP contribution is -2.40. The van der Waals surface area contributed by atoms with Gasteiger partial charge in [0, 0.05) is 50.1 Å². The zero-order valence-electron chi connectivity index (χ0n) is 17.2. The summed E-state index contributed by atoms with van der Waals surface area (Å²) in [7, 11) is 1.86. The fourth-order valence-electron chi connectivity index (χ4n) is 3.54. The van der Waals surface area contributed by atoms with Gasteiger partial charge in [0.15, 0.2) is 0 Å². The van der Waals surface area contributed by atoms with E-state index in [9.17, 15) is 14.9 Å². The first-order chi connectivity index (χ1) is 15.0. The second-order valence-electron chi connectivity index (χ2n) is 7.35. The monoisotopic (exact) mass is 421 g/mol. The van der Waals surface area contributed by atoms with Gasteiger partial charge in [0.2, 0.25) is 0 Å². The number of carbonyl (C=O) groups is 1. The molecule has 0 bridgehead atoms. The molecule has 4 rings (SSSR count). The lowest BCUT2D eigenvalue weighted by molar-refractivity contribution is -0.384. The van der Waals surface area contributed by atoms with Crippen LogP contribution in [0.1, 0.15) is 15.9 Å². The predicted octanol–water partition coefficient (Wildman–Crippen LogP) is 3.08. The van der Waals surface area contributed by atoms with E-state index in [-0.39, 0.29) is 11.6 Å². The number of nitro benzene ring substituents is 1. The number of hydrogen-bond acceptors (Lipinski definition) is 6. The highest BCUT2D eigenvalue weighted by Crippen LogP contribution is 2.27. The molecule has 1 amide bonds. The van der Waals surface area contributed by atoms with Gasteiger partial charge in [0.25, 0.3) is 11.6 Å². The number of aryl methyl sites for hydroxylation is 1. The van der Waals surface area contributed by atoms with Crippen LogP contribution in [0.25, 0.3) is 11.1 Å². The van der Waals surface area contributed by atoms with Gasteiger partial charge in [0.05, 0.1) is 24.3 Å². The Labute approximate surface area is 179 Å². The van der Waals surface area contributed by atoms with Gasteiger partial charge in [-0.1, -0.05) is 18.2 Å². The van der Waals surface area contributed by atoms with E-state index < -0.39 is 4.92 Å². The Bertz CT molecular complexity index is 1100. The number of ether oxygens (including phenoxy) is 1. The minimum atomic E-state index is -0.468. The molecular formula is C22H23N5O4. The number of carbonyl (C=O) groups excluding carboxylic acids is 1. The maximum atomic E-state index is 12.7. The van der Waals surface area contributed by atoms with E-state index in [0.717, 1.165) is 16.7 Å². The Kier molecular flexibility index (Phi) is 5.94.